The van der Waals surface area contributed by atoms with Crippen LogP contribution in [-0.4, -0.2) is 47.5 Å². The Morgan fingerprint density at radius 3 is 2.75 bits per heavy atom. The van der Waals surface area contributed by atoms with E-state index in [0.717, 1.165) is 61.0 Å². The second-order valence-electron chi connectivity index (χ2n) is 6.91. The first-order chi connectivity index (χ1) is 13.6. The van der Waals surface area contributed by atoms with Crippen LogP contribution < -0.4 is 20.1 Å². The Labute approximate surface area is 171 Å². The summed E-state index contributed by atoms with van der Waals surface area (Å²) < 4.78 is 23.2. The standard InChI is InChI=1S/C21H35N3O3S/c1-5-22-21(24-17-9-8-10-18(14-17)28(25)7-3)23-15-16-11-12-19(27-6-2)20(13-16)26-4/h11-13,17-18H,5-10,14-15H2,1-4H3,(H2,22,23,24). The van der Waals surface area contributed by atoms with Crippen molar-refractivity contribution in [1.82, 2.24) is 10.6 Å². The molecule has 1 aliphatic rings. The fourth-order valence-corrected chi connectivity index (χ4v) is 4.87. The van der Waals surface area contributed by atoms with Gasteiger partial charge in [0.1, 0.15) is 0 Å². The summed E-state index contributed by atoms with van der Waals surface area (Å²) in [4.78, 5) is 4.74. The number of guanidine groups is 1. The first-order valence-electron chi connectivity index (χ1n) is 10.3. The minimum atomic E-state index is -0.720. The zero-order valence-corrected chi connectivity index (χ0v) is 18.4. The van der Waals surface area contributed by atoms with Crippen LogP contribution in [0.4, 0.5) is 0 Å². The topological polar surface area (TPSA) is 72.0 Å². The molecule has 0 aliphatic heterocycles. The van der Waals surface area contributed by atoms with E-state index < -0.39 is 10.8 Å². The first kappa shape index (κ1) is 22.5. The molecule has 1 fully saturated rings. The van der Waals surface area contributed by atoms with Crippen molar-refractivity contribution in [1.29, 1.82) is 0 Å². The van der Waals surface area contributed by atoms with Gasteiger partial charge < -0.3 is 20.1 Å². The molecule has 1 saturated carbocycles. The SMILES string of the molecule is CCNC(=NCc1ccc(OCC)c(OC)c1)NC1CCCC(S(=O)CC)C1. The van der Waals surface area contributed by atoms with Crippen LogP contribution in [0.1, 0.15) is 52.0 Å². The summed E-state index contributed by atoms with van der Waals surface area (Å²) in [5, 5.41) is 7.17. The van der Waals surface area contributed by atoms with Crippen LogP contribution in [0.2, 0.25) is 0 Å². The Balaban J connectivity index is 2.02. The smallest absolute Gasteiger partial charge is 0.191 e. The van der Waals surface area contributed by atoms with Gasteiger partial charge in [0.25, 0.3) is 0 Å². The van der Waals surface area contributed by atoms with E-state index in [2.05, 4.69) is 17.6 Å². The maximum absolute atomic E-state index is 12.2. The van der Waals surface area contributed by atoms with Gasteiger partial charge in [-0.15, -0.1) is 0 Å². The van der Waals surface area contributed by atoms with Crippen molar-refractivity contribution in [3.8, 4) is 11.5 Å². The lowest BCUT2D eigenvalue weighted by atomic mass is 9.95. The quantitative estimate of drug-likeness (QED) is 0.484. The molecule has 0 spiro atoms. The Morgan fingerprint density at radius 2 is 2.07 bits per heavy atom. The Bertz CT molecular complexity index is 666. The van der Waals surface area contributed by atoms with Gasteiger partial charge in [-0.25, -0.2) is 4.99 Å². The number of hydrogen-bond acceptors (Lipinski definition) is 4. The molecule has 1 aliphatic carbocycles. The second kappa shape index (κ2) is 11.9. The van der Waals surface area contributed by atoms with Crippen molar-refractivity contribution >= 4 is 16.8 Å². The molecule has 1 aromatic carbocycles. The van der Waals surface area contributed by atoms with Crippen LogP contribution in [0.25, 0.3) is 0 Å². The maximum atomic E-state index is 12.2. The summed E-state index contributed by atoms with van der Waals surface area (Å²) in [6.07, 6.45) is 4.22. The molecule has 0 heterocycles. The van der Waals surface area contributed by atoms with Crippen molar-refractivity contribution in [2.24, 2.45) is 4.99 Å². The molecule has 1 aromatic rings. The van der Waals surface area contributed by atoms with Crippen LogP contribution in [0.3, 0.4) is 0 Å². The molecular formula is C21H35N3O3S. The van der Waals surface area contributed by atoms with Crippen LogP contribution in [0.5, 0.6) is 11.5 Å². The van der Waals surface area contributed by atoms with Crippen LogP contribution >= 0.6 is 0 Å². The van der Waals surface area contributed by atoms with Gasteiger partial charge in [0.05, 0.1) is 20.3 Å². The molecule has 0 amide bonds. The van der Waals surface area contributed by atoms with Gasteiger partial charge >= 0.3 is 0 Å². The van der Waals surface area contributed by atoms with E-state index in [1.165, 1.54) is 0 Å². The molecule has 7 heteroatoms. The van der Waals surface area contributed by atoms with Crippen molar-refractivity contribution in [2.75, 3.05) is 26.0 Å². The molecule has 2 N–H and O–H groups in total. The zero-order valence-electron chi connectivity index (χ0n) is 17.6. The molecular weight excluding hydrogens is 374 g/mol. The molecule has 28 heavy (non-hydrogen) atoms. The summed E-state index contributed by atoms with van der Waals surface area (Å²) in [5.74, 6) is 3.03. The van der Waals surface area contributed by atoms with Crippen molar-refractivity contribution in [3.63, 3.8) is 0 Å². The fourth-order valence-electron chi connectivity index (χ4n) is 3.52. The lowest BCUT2D eigenvalue weighted by Gasteiger charge is -2.30. The van der Waals surface area contributed by atoms with E-state index in [1.807, 2.05) is 32.0 Å². The van der Waals surface area contributed by atoms with Crippen LogP contribution in [-0.2, 0) is 17.3 Å². The van der Waals surface area contributed by atoms with E-state index in [0.29, 0.717) is 24.4 Å². The van der Waals surface area contributed by atoms with Gasteiger partial charge in [-0.05, 0) is 50.8 Å². The van der Waals surface area contributed by atoms with Crippen LogP contribution in [0.15, 0.2) is 23.2 Å². The first-order valence-corrected chi connectivity index (χ1v) is 11.7. The average molecular weight is 410 g/mol. The minimum absolute atomic E-state index is 0.300. The maximum Gasteiger partial charge on any atom is 0.191 e. The largest absolute Gasteiger partial charge is 0.493 e. The molecule has 3 unspecified atom stereocenters. The second-order valence-corrected chi connectivity index (χ2v) is 8.92. The Morgan fingerprint density at radius 1 is 1.25 bits per heavy atom. The molecule has 0 bridgehead atoms. The monoisotopic (exact) mass is 409 g/mol. The van der Waals surface area contributed by atoms with Gasteiger partial charge in [-0.2, -0.15) is 0 Å². The molecule has 0 aromatic heterocycles. The number of hydrogen-bond donors (Lipinski definition) is 2. The number of methoxy groups -OCH3 is 1. The van der Waals surface area contributed by atoms with Gasteiger partial charge in [0, 0.05) is 34.4 Å². The Hall–Kier alpha value is -1.76. The summed E-state index contributed by atoms with van der Waals surface area (Å²) in [6, 6.07) is 6.24. The number of nitrogens with one attached hydrogen (secondary N) is 2. The lowest BCUT2D eigenvalue weighted by molar-refractivity contribution is 0.310. The van der Waals surface area contributed by atoms with Gasteiger partial charge in [0.15, 0.2) is 17.5 Å². The summed E-state index contributed by atoms with van der Waals surface area (Å²) >= 11 is 0. The number of rotatable bonds is 9. The molecule has 6 nitrogen and oxygen atoms in total. The average Bonchev–Trinajstić information content (AvgIpc) is 2.72. The minimum Gasteiger partial charge on any atom is -0.493 e. The predicted octanol–water partition coefficient (Wildman–Crippen LogP) is 3.23. The van der Waals surface area contributed by atoms with E-state index in [4.69, 9.17) is 14.5 Å². The van der Waals surface area contributed by atoms with Crippen LogP contribution in [0, 0.1) is 0 Å². The van der Waals surface area contributed by atoms with Crippen molar-refractivity contribution in [3.05, 3.63) is 23.8 Å². The van der Waals surface area contributed by atoms with E-state index in [1.54, 1.807) is 7.11 Å². The summed E-state index contributed by atoms with van der Waals surface area (Å²) in [7, 11) is 0.929. The third kappa shape index (κ3) is 6.69. The number of ether oxygens (including phenoxy) is 2. The third-order valence-corrected chi connectivity index (χ3v) is 6.66. The highest BCUT2D eigenvalue weighted by atomic mass is 32.2. The van der Waals surface area contributed by atoms with E-state index in [-0.39, 0.29) is 0 Å². The zero-order chi connectivity index (χ0) is 20.4. The van der Waals surface area contributed by atoms with Crippen molar-refractivity contribution < 1.29 is 13.7 Å². The molecule has 2 rings (SSSR count). The van der Waals surface area contributed by atoms with Gasteiger partial charge in [-0.3, -0.25) is 4.21 Å². The molecule has 0 saturated heterocycles. The van der Waals surface area contributed by atoms with E-state index >= 15 is 0 Å². The predicted molar refractivity (Wildman–Crippen MR) is 117 cm³/mol. The van der Waals surface area contributed by atoms with Gasteiger partial charge in [0.2, 0.25) is 0 Å². The number of nitrogens with zero attached hydrogens (tertiary/aromatic N) is 1. The summed E-state index contributed by atoms with van der Waals surface area (Å²) in [6.45, 7) is 7.98. The normalized spacial score (nSPS) is 21.1. The molecule has 3 atom stereocenters. The number of aliphatic imine (C=N–C) groups is 1. The lowest BCUT2D eigenvalue weighted by Crippen LogP contribution is -2.46. The summed E-state index contributed by atoms with van der Waals surface area (Å²) in [5.41, 5.74) is 1.06. The Kier molecular flexibility index (Phi) is 9.61. The van der Waals surface area contributed by atoms with Crippen molar-refractivity contribution in [2.45, 2.75) is 64.3 Å². The highest BCUT2D eigenvalue weighted by molar-refractivity contribution is 7.85. The van der Waals surface area contributed by atoms with E-state index in [9.17, 15) is 4.21 Å². The van der Waals surface area contributed by atoms with Gasteiger partial charge in [-0.1, -0.05) is 19.4 Å². The highest BCUT2D eigenvalue weighted by Crippen LogP contribution is 2.28. The molecule has 0 radical (unpaired) electrons. The molecule has 158 valence electrons. The fraction of sp³-hybridized carbons (Fsp3) is 0.667. The highest BCUT2D eigenvalue weighted by Gasteiger charge is 2.26. The number of benzene rings is 1. The third-order valence-electron chi connectivity index (χ3n) is 4.92.